The second-order valence-corrected chi connectivity index (χ2v) is 6.02. The number of halogens is 3. The molecule has 1 amide bonds. The van der Waals surface area contributed by atoms with Crippen molar-refractivity contribution in [3.8, 4) is 6.07 Å². The normalized spacial score (nSPS) is 11.2. The van der Waals surface area contributed by atoms with Crippen molar-refractivity contribution >= 4 is 41.0 Å². The summed E-state index contributed by atoms with van der Waals surface area (Å²) < 4.78 is 24.5. The summed E-state index contributed by atoms with van der Waals surface area (Å²) in [6, 6.07) is 14.6. The third-order valence-electron chi connectivity index (χ3n) is 2.91. The van der Waals surface area contributed by atoms with Crippen LogP contribution in [0.5, 0.6) is 0 Å². The fraction of sp³-hybridized carbons (Fsp3) is 0.0588. The van der Waals surface area contributed by atoms with Crippen LogP contribution >= 0.6 is 23.4 Å². The maximum absolute atomic E-state index is 12.3. The fourth-order valence-corrected chi connectivity index (χ4v) is 2.50. The van der Waals surface area contributed by atoms with Gasteiger partial charge in [0.1, 0.15) is 11.6 Å². The first-order valence-electron chi connectivity index (χ1n) is 6.72. The Kier molecular flexibility index (Phi) is 6.36. The molecule has 2 aromatic rings. The standard InChI is InChI=1S/C17H11ClF2N2OS/c18-15-4-2-1-3-11(15)9-12(10-21)16(23)22-13-5-7-14(8-6-13)24-17(19)20/h1-9,17H,(H,22,23)/b12-9-. The molecule has 0 saturated heterocycles. The van der Waals surface area contributed by atoms with Gasteiger partial charge < -0.3 is 5.32 Å². The first kappa shape index (κ1) is 18.0. The lowest BCUT2D eigenvalue weighted by molar-refractivity contribution is -0.112. The molecular weight excluding hydrogens is 354 g/mol. The number of nitrogens with one attached hydrogen (secondary N) is 1. The van der Waals surface area contributed by atoms with Crippen LogP contribution in [0.2, 0.25) is 5.02 Å². The minimum Gasteiger partial charge on any atom is -0.321 e. The number of nitrogens with zero attached hydrogens (tertiary/aromatic N) is 1. The summed E-state index contributed by atoms with van der Waals surface area (Å²) in [5, 5.41) is 12.1. The molecule has 24 heavy (non-hydrogen) atoms. The zero-order valence-corrected chi connectivity index (χ0v) is 13.7. The summed E-state index contributed by atoms with van der Waals surface area (Å²) >= 11 is 6.42. The minimum atomic E-state index is -2.51. The van der Waals surface area contributed by atoms with Crippen molar-refractivity contribution in [2.75, 3.05) is 5.32 Å². The van der Waals surface area contributed by atoms with E-state index in [4.69, 9.17) is 16.9 Å². The number of nitriles is 1. The molecule has 7 heteroatoms. The Hall–Kier alpha value is -2.36. The van der Waals surface area contributed by atoms with Gasteiger partial charge in [-0.3, -0.25) is 4.79 Å². The van der Waals surface area contributed by atoms with Gasteiger partial charge in [0, 0.05) is 15.6 Å². The number of anilines is 1. The Bertz CT molecular complexity index is 801. The molecular formula is C17H11ClF2N2OS. The summed E-state index contributed by atoms with van der Waals surface area (Å²) in [6.45, 7) is 0. The van der Waals surface area contributed by atoms with Gasteiger partial charge >= 0.3 is 0 Å². The number of hydrogen-bond acceptors (Lipinski definition) is 3. The van der Waals surface area contributed by atoms with Crippen LogP contribution in [-0.4, -0.2) is 11.7 Å². The van der Waals surface area contributed by atoms with Crippen LogP contribution < -0.4 is 5.32 Å². The third-order valence-corrected chi connectivity index (χ3v) is 3.97. The third kappa shape index (κ3) is 5.08. The molecule has 0 fully saturated rings. The Morgan fingerprint density at radius 2 is 1.88 bits per heavy atom. The van der Waals surface area contributed by atoms with Crippen molar-refractivity contribution in [3.63, 3.8) is 0 Å². The molecule has 0 radical (unpaired) electrons. The zero-order chi connectivity index (χ0) is 17.5. The van der Waals surface area contributed by atoms with E-state index in [0.717, 1.165) is 0 Å². The van der Waals surface area contributed by atoms with Gasteiger partial charge in [0.2, 0.25) is 0 Å². The van der Waals surface area contributed by atoms with Crippen LogP contribution in [0.15, 0.2) is 59.0 Å². The summed E-state index contributed by atoms with van der Waals surface area (Å²) in [7, 11) is 0. The van der Waals surface area contributed by atoms with Crippen molar-refractivity contribution in [2.45, 2.75) is 10.7 Å². The number of carbonyl (C=O) groups is 1. The number of rotatable bonds is 5. The predicted molar refractivity (Wildman–Crippen MR) is 92.0 cm³/mol. The molecule has 0 aliphatic heterocycles. The maximum atomic E-state index is 12.3. The van der Waals surface area contributed by atoms with Gasteiger partial charge in [0.25, 0.3) is 11.7 Å². The monoisotopic (exact) mass is 364 g/mol. The van der Waals surface area contributed by atoms with E-state index in [2.05, 4.69) is 5.32 Å². The van der Waals surface area contributed by atoms with Crippen LogP contribution in [0.4, 0.5) is 14.5 Å². The van der Waals surface area contributed by atoms with Gasteiger partial charge in [0.05, 0.1) is 0 Å². The molecule has 0 saturated carbocycles. The number of thioether (sulfide) groups is 1. The average Bonchev–Trinajstić information content (AvgIpc) is 2.55. The van der Waals surface area contributed by atoms with E-state index in [1.54, 1.807) is 24.3 Å². The number of benzene rings is 2. The van der Waals surface area contributed by atoms with E-state index >= 15 is 0 Å². The molecule has 0 aliphatic rings. The highest BCUT2D eigenvalue weighted by Gasteiger charge is 2.11. The van der Waals surface area contributed by atoms with E-state index in [0.29, 0.717) is 32.9 Å². The minimum absolute atomic E-state index is 0.117. The molecule has 1 N–H and O–H groups in total. The average molecular weight is 365 g/mol. The Morgan fingerprint density at radius 3 is 2.46 bits per heavy atom. The van der Waals surface area contributed by atoms with Gasteiger partial charge in [0.15, 0.2) is 0 Å². The smallest absolute Gasteiger partial charge is 0.288 e. The molecule has 0 heterocycles. The van der Waals surface area contributed by atoms with Crippen LogP contribution in [0.1, 0.15) is 5.56 Å². The number of alkyl halides is 2. The van der Waals surface area contributed by atoms with Crippen LogP contribution in [0, 0.1) is 11.3 Å². The van der Waals surface area contributed by atoms with Gasteiger partial charge in [-0.05, 0) is 42.0 Å². The Labute approximate surface area is 146 Å². The lowest BCUT2D eigenvalue weighted by Gasteiger charge is -2.06. The molecule has 3 nitrogen and oxygen atoms in total. The van der Waals surface area contributed by atoms with E-state index in [9.17, 15) is 13.6 Å². The zero-order valence-electron chi connectivity index (χ0n) is 12.2. The summed E-state index contributed by atoms with van der Waals surface area (Å²) in [5.74, 6) is -3.11. The summed E-state index contributed by atoms with van der Waals surface area (Å²) in [5.41, 5.74) is 0.836. The summed E-state index contributed by atoms with van der Waals surface area (Å²) in [6.07, 6.45) is 1.39. The van der Waals surface area contributed by atoms with Crippen LogP contribution in [-0.2, 0) is 4.79 Å². The molecule has 0 bridgehead atoms. The number of carbonyl (C=O) groups excluding carboxylic acids is 1. The highest BCUT2D eigenvalue weighted by atomic mass is 35.5. The number of amides is 1. The summed E-state index contributed by atoms with van der Waals surface area (Å²) in [4.78, 5) is 12.5. The van der Waals surface area contributed by atoms with Crippen LogP contribution in [0.3, 0.4) is 0 Å². The fourth-order valence-electron chi connectivity index (χ4n) is 1.81. The predicted octanol–water partition coefficient (Wildman–Crippen LogP) is 5.20. The van der Waals surface area contributed by atoms with Crippen molar-refractivity contribution < 1.29 is 13.6 Å². The van der Waals surface area contributed by atoms with Gasteiger partial charge in [-0.15, -0.1) is 0 Å². The first-order chi connectivity index (χ1) is 11.5. The molecule has 0 aliphatic carbocycles. The maximum Gasteiger partial charge on any atom is 0.288 e. The highest BCUT2D eigenvalue weighted by molar-refractivity contribution is 7.99. The van der Waals surface area contributed by atoms with E-state index in [1.807, 2.05) is 6.07 Å². The molecule has 0 unspecified atom stereocenters. The van der Waals surface area contributed by atoms with Crippen molar-refractivity contribution in [2.24, 2.45) is 0 Å². The van der Waals surface area contributed by atoms with E-state index in [-0.39, 0.29) is 5.57 Å². The molecule has 0 spiro atoms. The number of hydrogen-bond donors (Lipinski definition) is 1. The van der Waals surface area contributed by atoms with Crippen molar-refractivity contribution in [1.82, 2.24) is 0 Å². The Morgan fingerprint density at radius 1 is 1.21 bits per heavy atom. The van der Waals surface area contributed by atoms with Gasteiger partial charge in [-0.1, -0.05) is 41.6 Å². The second kappa shape index (κ2) is 8.48. The SMILES string of the molecule is N#C/C(=C/c1ccccc1Cl)C(=O)Nc1ccc(SC(F)F)cc1. The topological polar surface area (TPSA) is 52.9 Å². The van der Waals surface area contributed by atoms with Crippen molar-refractivity contribution in [3.05, 3.63) is 64.7 Å². The molecule has 0 atom stereocenters. The van der Waals surface area contributed by atoms with Gasteiger partial charge in [-0.2, -0.15) is 14.0 Å². The molecule has 2 rings (SSSR count). The first-order valence-corrected chi connectivity index (χ1v) is 7.98. The van der Waals surface area contributed by atoms with E-state index < -0.39 is 11.7 Å². The molecule has 2 aromatic carbocycles. The lowest BCUT2D eigenvalue weighted by Crippen LogP contribution is -2.13. The molecule has 122 valence electrons. The van der Waals surface area contributed by atoms with Crippen LogP contribution in [0.25, 0.3) is 6.08 Å². The lowest BCUT2D eigenvalue weighted by atomic mass is 10.1. The highest BCUT2D eigenvalue weighted by Crippen LogP contribution is 2.26. The Balaban J connectivity index is 2.13. The van der Waals surface area contributed by atoms with E-state index in [1.165, 1.54) is 30.3 Å². The quantitative estimate of drug-likeness (QED) is 0.450. The molecule has 0 aromatic heterocycles. The largest absolute Gasteiger partial charge is 0.321 e. The second-order valence-electron chi connectivity index (χ2n) is 4.55. The van der Waals surface area contributed by atoms with Crippen molar-refractivity contribution in [1.29, 1.82) is 5.26 Å². The van der Waals surface area contributed by atoms with Gasteiger partial charge in [-0.25, -0.2) is 0 Å².